The summed E-state index contributed by atoms with van der Waals surface area (Å²) < 4.78 is 16.4. The summed E-state index contributed by atoms with van der Waals surface area (Å²) in [6, 6.07) is 8.95. The third-order valence-corrected chi connectivity index (χ3v) is 5.49. The third kappa shape index (κ3) is 6.26. The number of benzene rings is 2. The van der Waals surface area contributed by atoms with E-state index in [1.807, 2.05) is 13.8 Å². The van der Waals surface area contributed by atoms with Gasteiger partial charge in [-0.1, -0.05) is 20.3 Å². The van der Waals surface area contributed by atoms with E-state index in [0.717, 1.165) is 0 Å². The number of alkyl carbamates (subject to hydrolysis) is 1. The number of esters is 1. The maximum Gasteiger partial charge on any atom is 0.408 e. The highest BCUT2D eigenvalue weighted by Gasteiger charge is 2.30. The second kappa shape index (κ2) is 10.6. The van der Waals surface area contributed by atoms with Crippen LogP contribution in [0.3, 0.4) is 0 Å². The van der Waals surface area contributed by atoms with Gasteiger partial charge >= 0.3 is 12.1 Å². The molecule has 2 aromatic carbocycles. The lowest BCUT2D eigenvalue weighted by molar-refractivity contribution is -0.384. The van der Waals surface area contributed by atoms with Gasteiger partial charge in [0.25, 0.3) is 5.69 Å². The molecule has 3 aromatic rings. The first-order chi connectivity index (χ1) is 16.9. The van der Waals surface area contributed by atoms with Gasteiger partial charge in [0, 0.05) is 18.2 Å². The molecule has 36 heavy (non-hydrogen) atoms. The van der Waals surface area contributed by atoms with Crippen LogP contribution in [-0.2, 0) is 9.53 Å². The number of ether oxygens (including phenoxy) is 2. The average Bonchev–Trinajstić information content (AvgIpc) is 2.81. The smallest absolute Gasteiger partial charge is 0.408 e. The van der Waals surface area contributed by atoms with Crippen LogP contribution in [0.2, 0.25) is 0 Å². The second-order valence-corrected chi connectivity index (χ2v) is 9.37. The van der Waals surface area contributed by atoms with E-state index in [9.17, 15) is 24.5 Å². The molecule has 0 unspecified atom stereocenters. The molecule has 0 aliphatic carbocycles. The van der Waals surface area contributed by atoms with Crippen molar-refractivity contribution in [3.05, 3.63) is 69.1 Å². The summed E-state index contributed by atoms with van der Waals surface area (Å²) >= 11 is 0. The fourth-order valence-electron chi connectivity index (χ4n) is 3.42. The van der Waals surface area contributed by atoms with Gasteiger partial charge in [0.15, 0.2) is 5.43 Å². The van der Waals surface area contributed by atoms with Crippen molar-refractivity contribution in [1.29, 1.82) is 0 Å². The van der Waals surface area contributed by atoms with Crippen LogP contribution in [0.15, 0.2) is 57.9 Å². The van der Waals surface area contributed by atoms with Gasteiger partial charge in [0.1, 0.15) is 29.2 Å². The molecule has 0 saturated heterocycles. The Morgan fingerprint density at radius 2 is 1.81 bits per heavy atom. The average molecular weight is 497 g/mol. The number of hydrogen-bond donors (Lipinski definition) is 1. The molecule has 190 valence electrons. The Bertz CT molecular complexity index is 1340. The molecule has 3 rings (SSSR count). The molecule has 0 bridgehead atoms. The minimum absolute atomic E-state index is 0.0905. The molecule has 0 spiro atoms. The van der Waals surface area contributed by atoms with E-state index in [0.29, 0.717) is 12.0 Å². The number of hydrogen-bond acceptors (Lipinski definition) is 8. The minimum atomic E-state index is -0.947. The van der Waals surface area contributed by atoms with E-state index in [1.165, 1.54) is 48.7 Å². The Balaban J connectivity index is 1.83. The molecule has 0 aliphatic rings. The van der Waals surface area contributed by atoms with Crippen molar-refractivity contribution in [2.24, 2.45) is 5.92 Å². The summed E-state index contributed by atoms with van der Waals surface area (Å²) in [5.74, 6) is -0.773. The molecule has 10 heteroatoms. The number of carbonyl (C=O) groups is 2. The molecule has 0 fully saturated rings. The van der Waals surface area contributed by atoms with Crippen LogP contribution in [0.1, 0.15) is 41.0 Å². The normalized spacial score (nSPS) is 13.0. The predicted octanol–water partition coefficient (Wildman–Crippen LogP) is 5.21. The first kappa shape index (κ1) is 26.4. The monoisotopic (exact) mass is 496 g/mol. The first-order valence-electron chi connectivity index (χ1n) is 11.4. The molecular formula is C26H28N2O8. The third-order valence-electron chi connectivity index (χ3n) is 5.49. The number of nitrogens with zero attached hydrogens (tertiary/aromatic N) is 1. The minimum Gasteiger partial charge on any atom is -0.463 e. The zero-order chi connectivity index (χ0) is 26.6. The number of amides is 1. The van der Waals surface area contributed by atoms with Gasteiger partial charge < -0.3 is 19.2 Å². The van der Waals surface area contributed by atoms with Gasteiger partial charge in [-0.3, -0.25) is 14.9 Å². The van der Waals surface area contributed by atoms with Crippen molar-refractivity contribution in [3.8, 4) is 16.9 Å². The van der Waals surface area contributed by atoms with Crippen LogP contribution < -0.4 is 15.5 Å². The van der Waals surface area contributed by atoms with E-state index in [1.54, 1.807) is 20.8 Å². The van der Waals surface area contributed by atoms with Gasteiger partial charge in [0.2, 0.25) is 0 Å². The van der Waals surface area contributed by atoms with Crippen molar-refractivity contribution >= 4 is 28.7 Å². The molecule has 0 saturated carbocycles. The second-order valence-electron chi connectivity index (χ2n) is 9.37. The van der Waals surface area contributed by atoms with Gasteiger partial charge in [-0.25, -0.2) is 9.59 Å². The Morgan fingerprint density at radius 1 is 1.14 bits per heavy atom. The fourth-order valence-corrected chi connectivity index (χ4v) is 3.42. The summed E-state index contributed by atoms with van der Waals surface area (Å²) in [6.07, 6.45) is 1.13. The highest BCUT2D eigenvalue weighted by atomic mass is 16.6. The molecule has 2 atom stereocenters. The van der Waals surface area contributed by atoms with Gasteiger partial charge in [-0.05, 0) is 56.5 Å². The molecule has 1 heterocycles. The Hall–Kier alpha value is -4.21. The Morgan fingerprint density at radius 3 is 2.39 bits per heavy atom. The lowest BCUT2D eigenvalue weighted by Crippen LogP contribution is -2.48. The van der Waals surface area contributed by atoms with Crippen LogP contribution in [0.4, 0.5) is 10.5 Å². The Labute approximate surface area is 207 Å². The predicted molar refractivity (Wildman–Crippen MR) is 133 cm³/mol. The van der Waals surface area contributed by atoms with Crippen molar-refractivity contribution < 1.29 is 28.4 Å². The van der Waals surface area contributed by atoms with Crippen LogP contribution >= 0.6 is 0 Å². The summed E-state index contributed by atoms with van der Waals surface area (Å²) in [7, 11) is 0. The lowest BCUT2D eigenvalue weighted by atomic mass is 9.99. The highest BCUT2D eigenvalue weighted by molar-refractivity contribution is 5.86. The van der Waals surface area contributed by atoms with Crippen LogP contribution in [0.5, 0.6) is 5.75 Å². The molecule has 0 aliphatic heterocycles. The number of nitrogens with one attached hydrogen (secondary N) is 1. The number of non-ortho nitro benzene ring substituents is 1. The van der Waals surface area contributed by atoms with E-state index in [2.05, 4.69) is 5.32 Å². The van der Waals surface area contributed by atoms with Crippen molar-refractivity contribution in [1.82, 2.24) is 5.32 Å². The SMILES string of the molecule is CC[C@H](C)[C@@H](NC(=O)OC(C)(C)C)C(=O)Oc1ccc2c(=O)c(-c3ccc([N+](=O)[O-])cc3)coc2c1. The molecule has 1 aromatic heterocycles. The number of rotatable bonds is 7. The van der Waals surface area contributed by atoms with Gasteiger partial charge in [0.05, 0.1) is 15.9 Å². The first-order valence-corrected chi connectivity index (χ1v) is 11.4. The van der Waals surface area contributed by atoms with Crippen molar-refractivity contribution in [3.63, 3.8) is 0 Å². The molecule has 0 radical (unpaired) electrons. The summed E-state index contributed by atoms with van der Waals surface area (Å²) in [4.78, 5) is 48.5. The summed E-state index contributed by atoms with van der Waals surface area (Å²) in [6.45, 7) is 8.86. The van der Waals surface area contributed by atoms with Crippen LogP contribution in [0, 0.1) is 16.0 Å². The number of carbonyl (C=O) groups excluding carboxylic acids is 2. The Kier molecular flexibility index (Phi) is 7.77. The maximum absolute atomic E-state index is 13.0. The van der Waals surface area contributed by atoms with Gasteiger partial charge in [-0.2, -0.15) is 0 Å². The molecule has 1 amide bonds. The maximum atomic E-state index is 13.0. The van der Waals surface area contributed by atoms with Crippen molar-refractivity contribution in [2.75, 3.05) is 0 Å². The highest BCUT2D eigenvalue weighted by Crippen LogP contribution is 2.25. The van der Waals surface area contributed by atoms with Crippen LogP contribution in [-0.4, -0.2) is 28.6 Å². The number of nitro benzene ring substituents is 1. The van der Waals surface area contributed by atoms with Crippen molar-refractivity contribution in [2.45, 2.75) is 52.7 Å². The number of fused-ring (bicyclic) bond motifs is 1. The number of nitro groups is 1. The van der Waals surface area contributed by atoms with Crippen LogP contribution in [0.25, 0.3) is 22.1 Å². The quantitative estimate of drug-likeness (QED) is 0.203. The van der Waals surface area contributed by atoms with E-state index < -0.39 is 28.6 Å². The van der Waals surface area contributed by atoms with E-state index >= 15 is 0 Å². The molecule has 1 N–H and O–H groups in total. The van der Waals surface area contributed by atoms with E-state index in [4.69, 9.17) is 13.9 Å². The largest absolute Gasteiger partial charge is 0.463 e. The lowest BCUT2D eigenvalue weighted by Gasteiger charge is -2.25. The van der Waals surface area contributed by atoms with Gasteiger partial charge in [-0.15, -0.1) is 0 Å². The molecular weight excluding hydrogens is 468 g/mol. The zero-order valence-electron chi connectivity index (χ0n) is 20.7. The fraction of sp³-hybridized carbons (Fsp3) is 0.346. The zero-order valence-corrected chi connectivity index (χ0v) is 20.7. The summed E-state index contributed by atoms with van der Waals surface area (Å²) in [5, 5.41) is 13.7. The summed E-state index contributed by atoms with van der Waals surface area (Å²) in [5.41, 5.74) is -0.260. The standard InChI is InChI=1S/C26H28N2O8/c1-6-15(2)22(27-25(31)36-26(3,4)5)24(30)35-18-11-12-19-21(13-18)34-14-20(23(19)29)16-7-9-17(10-8-16)28(32)33/h7-15,22H,6H2,1-5H3,(H,27,31)/t15-,22+/m0/s1. The molecule has 10 nitrogen and oxygen atoms in total. The van der Waals surface area contributed by atoms with E-state index in [-0.39, 0.29) is 39.3 Å². The topological polar surface area (TPSA) is 138 Å².